The van der Waals surface area contributed by atoms with E-state index in [-0.39, 0.29) is 5.75 Å². The van der Waals surface area contributed by atoms with Crippen molar-refractivity contribution in [1.82, 2.24) is 0 Å². The lowest BCUT2D eigenvalue weighted by atomic mass is 10.1. The topological polar surface area (TPSA) is 46.5 Å². The number of rotatable bonds is 5. The number of allylic oxidation sites excluding steroid dienone is 1. The molecule has 0 aromatic heterocycles. The predicted octanol–water partition coefficient (Wildman–Crippen LogP) is 2.47. The third kappa shape index (κ3) is 2.79. The molecule has 0 amide bonds. The molecule has 0 saturated carbocycles. The van der Waals surface area contributed by atoms with Gasteiger partial charge in [0.2, 0.25) is 0 Å². The first-order valence-electron chi connectivity index (χ1n) is 4.46. The number of aliphatic carboxylic acids is 1. The Labute approximate surface area is 91.0 Å². The van der Waals surface area contributed by atoms with E-state index in [2.05, 4.69) is 11.3 Å². The van der Waals surface area contributed by atoms with E-state index in [1.165, 1.54) is 18.2 Å². The SMILES string of the molecule is C=CCc1ccccc1OC(F)(F)C(=O)O. The number of ether oxygens (including phenoxy) is 1. The molecule has 1 N–H and O–H groups in total. The molecule has 0 heterocycles. The quantitative estimate of drug-likeness (QED) is 0.787. The van der Waals surface area contributed by atoms with Gasteiger partial charge in [0.25, 0.3) is 0 Å². The first kappa shape index (κ1) is 12.2. The fourth-order valence-corrected chi connectivity index (χ4v) is 1.11. The molecule has 0 aliphatic rings. The van der Waals surface area contributed by atoms with Crippen LogP contribution in [-0.4, -0.2) is 17.2 Å². The van der Waals surface area contributed by atoms with Gasteiger partial charge in [-0.25, -0.2) is 4.79 Å². The van der Waals surface area contributed by atoms with Crippen LogP contribution in [0.15, 0.2) is 36.9 Å². The minimum absolute atomic E-state index is 0.158. The van der Waals surface area contributed by atoms with Gasteiger partial charge in [-0.1, -0.05) is 24.3 Å². The van der Waals surface area contributed by atoms with Crippen LogP contribution in [0.25, 0.3) is 0 Å². The third-order valence-corrected chi connectivity index (χ3v) is 1.82. The highest BCUT2D eigenvalue weighted by Gasteiger charge is 2.42. The van der Waals surface area contributed by atoms with E-state index in [4.69, 9.17) is 5.11 Å². The van der Waals surface area contributed by atoms with Crippen molar-refractivity contribution in [3.8, 4) is 5.75 Å². The van der Waals surface area contributed by atoms with Gasteiger partial charge in [0, 0.05) is 0 Å². The van der Waals surface area contributed by atoms with Crippen LogP contribution in [-0.2, 0) is 11.2 Å². The van der Waals surface area contributed by atoms with Gasteiger partial charge < -0.3 is 9.84 Å². The number of alkyl halides is 2. The van der Waals surface area contributed by atoms with Crippen molar-refractivity contribution in [2.24, 2.45) is 0 Å². The van der Waals surface area contributed by atoms with Crippen LogP contribution in [0.3, 0.4) is 0 Å². The molecule has 0 fully saturated rings. The Balaban J connectivity index is 2.96. The number of hydrogen-bond donors (Lipinski definition) is 1. The first-order valence-corrected chi connectivity index (χ1v) is 4.46. The van der Waals surface area contributed by atoms with Crippen molar-refractivity contribution in [2.45, 2.75) is 12.5 Å². The first-order chi connectivity index (χ1) is 7.47. The number of carboxylic acid groups (broad SMARTS) is 1. The summed E-state index contributed by atoms with van der Waals surface area (Å²) in [5.74, 6) is -2.48. The van der Waals surface area contributed by atoms with Gasteiger partial charge in [0.1, 0.15) is 5.75 Å². The van der Waals surface area contributed by atoms with E-state index in [1.54, 1.807) is 12.1 Å². The molecule has 5 heteroatoms. The molecule has 0 atom stereocenters. The van der Waals surface area contributed by atoms with Crippen LogP contribution in [0.4, 0.5) is 8.78 Å². The zero-order valence-corrected chi connectivity index (χ0v) is 8.32. The fraction of sp³-hybridized carbons (Fsp3) is 0.182. The Morgan fingerprint density at radius 1 is 1.50 bits per heavy atom. The monoisotopic (exact) mass is 228 g/mol. The average Bonchev–Trinajstić information content (AvgIpc) is 2.20. The smallest absolute Gasteiger partial charge is 0.474 e. The molecule has 1 aromatic rings. The summed E-state index contributed by atoms with van der Waals surface area (Å²) in [5.41, 5.74) is 0.457. The number of para-hydroxylation sites is 1. The second kappa shape index (κ2) is 4.74. The number of carboxylic acids is 1. The summed E-state index contributed by atoms with van der Waals surface area (Å²) >= 11 is 0. The van der Waals surface area contributed by atoms with E-state index in [1.807, 2.05) is 0 Å². The van der Waals surface area contributed by atoms with Crippen molar-refractivity contribution in [3.05, 3.63) is 42.5 Å². The van der Waals surface area contributed by atoms with Gasteiger partial charge >= 0.3 is 12.1 Å². The summed E-state index contributed by atoms with van der Waals surface area (Å²) in [5, 5.41) is 8.23. The molecular weight excluding hydrogens is 218 g/mol. The molecule has 0 spiro atoms. The Bertz CT molecular complexity index is 402. The van der Waals surface area contributed by atoms with Crippen molar-refractivity contribution >= 4 is 5.97 Å². The summed E-state index contributed by atoms with van der Waals surface area (Å²) in [6, 6.07) is 5.98. The molecule has 1 rings (SSSR count). The van der Waals surface area contributed by atoms with Gasteiger partial charge in [-0.3, -0.25) is 0 Å². The maximum absolute atomic E-state index is 12.8. The molecule has 0 bridgehead atoms. The molecule has 1 aromatic carbocycles. The van der Waals surface area contributed by atoms with Crippen molar-refractivity contribution in [1.29, 1.82) is 0 Å². The second-order valence-electron chi connectivity index (χ2n) is 3.02. The van der Waals surface area contributed by atoms with Gasteiger partial charge in [-0.05, 0) is 18.1 Å². The third-order valence-electron chi connectivity index (χ3n) is 1.82. The summed E-state index contributed by atoms with van der Waals surface area (Å²) < 4.78 is 29.8. The number of halogens is 2. The maximum Gasteiger partial charge on any atom is 0.501 e. The Morgan fingerprint density at radius 3 is 2.69 bits per heavy atom. The molecule has 0 aliphatic carbocycles. The molecule has 86 valence electrons. The number of benzene rings is 1. The average molecular weight is 228 g/mol. The fourth-order valence-electron chi connectivity index (χ4n) is 1.11. The van der Waals surface area contributed by atoms with Crippen LogP contribution in [0.5, 0.6) is 5.75 Å². The van der Waals surface area contributed by atoms with E-state index in [0.29, 0.717) is 12.0 Å². The van der Waals surface area contributed by atoms with Gasteiger partial charge in [0.15, 0.2) is 0 Å². The lowest BCUT2D eigenvalue weighted by Gasteiger charge is -2.15. The van der Waals surface area contributed by atoms with Crippen LogP contribution in [0.1, 0.15) is 5.56 Å². The van der Waals surface area contributed by atoms with Crippen LogP contribution in [0, 0.1) is 0 Å². The van der Waals surface area contributed by atoms with Crippen molar-refractivity contribution in [2.75, 3.05) is 0 Å². The lowest BCUT2D eigenvalue weighted by Crippen LogP contribution is -2.35. The van der Waals surface area contributed by atoms with Crippen molar-refractivity contribution in [3.63, 3.8) is 0 Å². The van der Waals surface area contributed by atoms with Crippen LogP contribution < -0.4 is 4.74 Å². The largest absolute Gasteiger partial charge is 0.501 e. The molecule has 3 nitrogen and oxygen atoms in total. The zero-order valence-electron chi connectivity index (χ0n) is 8.32. The van der Waals surface area contributed by atoms with Gasteiger partial charge in [0.05, 0.1) is 0 Å². The van der Waals surface area contributed by atoms with Crippen LogP contribution >= 0.6 is 0 Å². The van der Waals surface area contributed by atoms with Crippen molar-refractivity contribution < 1.29 is 23.4 Å². The Hall–Kier alpha value is -1.91. The lowest BCUT2D eigenvalue weighted by molar-refractivity contribution is -0.211. The number of hydrogen-bond acceptors (Lipinski definition) is 2. The number of carbonyl (C=O) groups is 1. The minimum atomic E-state index is -4.22. The van der Waals surface area contributed by atoms with Gasteiger partial charge in [-0.15, -0.1) is 6.58 Å². The summed E-state index contributed by atoms with van der Waals surface area (Å²) in [6.07, 6.45) is -2.38. The summed E-state index contributed by atoms with van der Waals surface area (Å²) in [4.78, 5) is 10.2. The molecule has 16 heavy (non-hydrogen) atoms. The molecule has 0 saturated heterocycles. The maximum atomic E-state index is 12.8. The Kier molecular flexibility index (Phi) is 3.60. The van der Waals surface area contributed by atoms with Gasteiger partial charge in [-0.2, -0.15) is 8.78 Å². The van der Waals surface area contributed by atoms with E-state index < -0.39 is 12.1 Å². The second-order valence-corrected chi connectivity index (χ2v) is 3.02. The highest BCUT2D eigenvalue weighted by molar-refractivity contribution is 5.74. The van der Waals surface area contributed by atoms with Crippen LogP contribution in [0.2, 0.25) is 0 Å². The highest BCUT2D eigenvalue weighted by atomic mass is 19.3. The highest BCUT2D eigenvalue weighted by Crippen LogP contribution is 2.26. The minimum Gasteiger partial charge on any atom is -0.474 e. The molecule has 0 unspecified atom stereocenters. The summed E-state index contributed by atoms with van der Waals surface area (Å²) in [7, 11) is 0. The Morgan fingerprint density at radius 2 is 2.12 bits per heavy atom. The molecule has 0 radical (unpaired) electrons. The summed E-state index contributed by atoms with van der Waals surface area (Å²) in [6.45, 7) is 3.47. The van der Waals surface area contributed by atoms with E-state index in [9.17, 15) is 13.6 Å². The zero-order chi connectivity index (χ0) is 12.2. The predicted molar refractivity (Wildman–Crippen MR) is 53.6 cm³/mol. The van der Waals surface area contributed by atoms with E-state index in [0.717, 1.165) is 0 Å². The molecular formula is C11H10F2O3. The van der Waals surface area contributed by atoms with E-state index >= 15 is 0 Å². The standard InChI is InChI=1S/C11H10F2O3/c1-2-5-8-6-3-4-7-9(8)16-11(12,13)10(14)15/h2-4,6-7H,1,5H2,(H,14,15). The molecule has 0 aliphatic heterocycles. The normalized spacial score (nSPS) is 10.9.